The first-order valence-corrected chi connectivity index (χ1v) is 10.7. The lowest BCUT2D eigenvalue weighted by atomic mass is 9.84. The summed E-state index contributed by atoms with van der Waals surface area (Å²) in [6.07, 6.45) is 0.842. The molecule has 162 valence electrons. The molecule has 1 unspecified atom stereocenters. The fourth-order valence-corrected chi connectivity index (χ4v) is 4.36. The molecule has 0 amide bonds. The number of hydrogen-bond acceptors (Lipinski definition) is 6. The van der Waals surface area contributed by atoms with Gasteiger partial charge in [0.25, 0.3) is 5.56 Å². The Hall–Kier alpha value is -2.79. The van der Waals surface area contributed by atoms with E-state index in [-0.39, 0.29) is 17.0 Å². The zero-order chi connectivity index (χ0) is 22.0. The van der Waals surface area contributed by atoms with Crippen LogP contribution in [0.25, 0.3) is 0 Å². The Morgan fingerprint density at radius 2 is 1.94 bits per heavy atom. The lowest BCUT2D eigenvalue weighted by molar-refractivity contribution is 0.0369. The normalized spacial score (nSPS) is 18.9. The number of ether oxygens (including phenoxy) is 2. The molecular formula is C23H25ClN4O3. The van der Waals surface area contributed by atoms with E-state index < -0.39 is 5.92 Å². The van der Waals surface area contributed by atoms with Crippen molar-refractivity contribution in [3.63, 3.8) is 0 Å². The van der Waals surface area contributed by atoms with Crippen LogP contribution in [0.2, 0.25) is 5.02 Å². The van der Waals surface area contributed by atoms with Gasteiger partial charge in [-0.2, -0.15) is 5.26 Å². The van der Waals surface area contributed by atoms with Crippen molar-refractivity contribution in [2.45, 2.75) is 25.8 Å². The predicted molar refractivity (Wildman–Crippen MR) is 118 cm³/mol. The number of aromatic nitrogens is 1. The van der Waals surface area contributed by atoms with Gasteiger partial charge in [0, 0.05) is 43.0 Å². The molecule has 1 aromatic carbocycles. The third kappa shape index (κ3) is 4.33. The highest BCUT2D eigenvalue weighted by atomic mass is 35.5. The second-order valence-electron chi connectivity index (χ2n) is 7.80. The number of morpholine rings is 1. The third-order valence-corrected chi connectivity index (χ3v) is 6.11. The zero-order valence-electron chi connectivity index (χ0n) is 17.4. The van der Waals surface area contributed by atoms with Crippen LogP contribution < -0.4 is 16.0 Å². The van der Waals surface area contributed by atoms with Crippen molar-refractivity contribution in [1.29, 1.82) is 5.26 Å². The van der Waals surface area contributed by atoms with Gasteiger partial charge in [-0.3, -0.25) is 9.69 Å². The van der Waals surface area contributed by atoms with Crippen LogP contribution in [-0.4, -0.2) is 42.3 Å². The molecule has 4 rings (SSSR count). The molecule has 8 heteroatoms. The molecule has 2 aliphatic rings. The first kappa shape index (κ1) is 21.4. The number of hydrogen-bond donors (Lipinski definition) is 1. The van der Waals surface area contributed by atoms with Gasteiger partial charge in [0.15, 0.2) is 0 Å². The molecule has 1 saturated heterocycles. The molecule has 1 aromatic heterocycles. The van der Waals surface area contributed by atoms with E-state index >= 15 is 0 Å². The van der Waals surface area contributed by atoms with Crippen LogP contribution in [0.1, 0.15) is 29.2 Å². The lowest BCUT2D eigenvalue weighted by Gasteiger charge is -2.28. The molecule has 7 nitrogen and oxygen atoms in total. The van der Waals surface area contributed by atoms with Gasteiger partial charge in [-0.1, -0.05) is 23.7 Å². The fraction of sp³-hybridized carbons (Fsp3) is 0.391. The summed E-state index contributed by atoms with van der Waals surface area (Å²) in [7, 11) is 0. The predicted octanol–water partition coefficient (Wildman–Crippen LogP) is 2.75. The Morgan fingerprint density at radius 1 is 1.23 bits per heavy atom. The monoisotopic (exact) mass is 440 g/mol. The molecule has 2 aromatic rings. The summed E-state index contributed by atoms with van der Waals surface area (Å²) in [5.74, 6) is -0.160. The minimum absolute atomic E-state index is 0.0267. The summed E-state index contributed by atoms with van der Waals surface area (Å²) in [5.41, 5.74) is 8.13. The minimum atomic E-state index is -0.593. The summed E-state index contributed by atoms with van der Waals surface area (Å²) >= 11 is 6.04. The highest BCUT2D eigenvalue weighted by Gasteiger charge is 2.34. The van der Waals surface area contributed by atoms with Gasteiger partial charge in [0.05, 0.1) is 24.7 Å². The molecule has 1 fully saturated rings. The van der Waals surface area contributed by atoms with Crippen LogP contribution in [0.3, 0.4) is 0 Å². The molecule has 0 spiro atoms. The zero-order valence-corrected chi connectivity index (χ0v) is 18.2. The molecule has 3 heterocycles. The SMILES string of the molecule is Cc1cc2c(c(=O)n1CCCN1CCOCC1)C(c1ccc(Cl)cc1)C(C#N)=C(N)O2. The maximum atomic E-state index is 13.6. The lowest BCUT2D eigenvalue weighted by Crippen LogP contribution is -2.38. The Morgan fingerprint density at radius 3 is 2.61 bits per heavy atom. The highest BCUT2D eigenvalue weighted by molar-refractivity contribution is 6.30. The minimum Gasteiger partial charge on any atom is -0.440 e. The van der Waals surface area contributed by atoms with Crippen molar-refractivity contribution < 1.29 is 9.47 Å². The number of halogens is 1. The number of pyridine rings is 1. The van der Waals surface area contributed by atoms with Gasteiger partial charge in [-0.15, -0.1) is 0 Å². The molecule has 2 aliphatic heterocycles. The van der Waals surface area contributed by atoms with E-state index in [1.807, 2.05) is 25.1 Å². The Bertz CT molecular complexity index is 1100. The first-order chi connectivity index (χ1) is 15.0. The van der Waals surface area contributed by atoms with Gasteiger partial charge in [0.2, 0.25) is 5.88 Å². The van der Waals surface area contributed by atoms with Gasteiger partial charge in [-0.25, -0.2) is 0 Å². The van der Waals surface area contributed by atoms with Crippen molar-refractivity contribution in [3.8, 4) is 11.8 Å². The topological polar surface area (TPSA) is 93.5 Å². The Labute approximate surface area is 186 Å². The average molecular weight is 441 g/mol. The smallest absolute Gasteiger partial charge is 0.258 e. The number of rotatable bonds is 5. The highest BCUT2D eigenvalue weighted by Crippen LogP contribution is 2.40. The maximum absolute atomic E-state index is 13.6. The van der Waals surface area contributed by atoms with E-state index in [1.54, 1.807) is 16.7 Å². The van der Waals surface area contributed by atoms with Crippen molar-refractivity contribution in [3.05, 3.63) is 74.0 Å². The largest absolute Gasteiger partial charge is 0.440 e. The number of nitrogens with two attached hydrogens (primary N) is 1. The van der Waals surface area contributed by atoms with Crippen molar-refractivity contribution in [1.82, 2.24) is 9.47 Å². The molecule has 0 aliphatic carbocycles. The Kier molecular flexibility index (Phi) is 6.33. The van der Waals surface area contributed by atoms with E-state index in [0.29, 0.717) is 22.9 Å². The van der Waals surface area contributed by atoms with Crippen LogP contribution in [-0.2, 0) is 11.3 Å². The van der Waals surface area contributed by atoms with Crippen molar-refractivity contribution in [2.24, 2.45) is 5.73 Å². The molecule has 2 N–H and O–H groups in total. The third-order valence-electron chi connectivity index (χ3n) is 5.85. The second kappa shape index (κ2) is 9.15. The number of aryl methyl sites for hydroxylation is 1. The molecule has 0 radical (unpaired) electrons. The summed E-state index contributed by atoms with van der Waals surface area (Å²) < 4.78 is 12.9. The number of nitrogens with zero attached hydrogens (tertiary/aromatic N) is 3. The van der Waals surface area contributed by atoms with Crippen LogP contribution in [0.5, 0.6) is 5.75 Å². The van der Waals surface area contributed by atoms with Crippen molar-refractivity contribution >= 4 is 11.6 Å². The number of benzene rings is 1. The Balaban J connectivity index is 1.69. The van der Waals surface area contributed by atoms with E-state index in [9.17, 15) is 10.1 Å². The van der Waals surface area contributed by atoms with E-state index in [2.05, 4.69) is 11.0 Å². The van der Waals surface area contributed by atoms with E-state index in [0.717, 1.165) is 50.5 Å². The van der Waals surface area contributed by atoms with E-state index in [1.165, 1.54) is 0 Å². The first-order valence-electron chi connectivity index (χ1n) is 10.4. The quantitative estimate of drug-likeness (QED) is 0.768. The van der Waals surface area contributed by atoms with Crippen LogP contribution in [0.15, 0.2) is 46.6 Å². The maximum Gasteiger partial charge on any atom is 0.258 e. The molecule has 0 saturated carbocycles. The van der Waals surface area contributed by atoms with Crippen LogP contribution in [0.4, 0.5) is 0 Å². The number of allylic oxidation sites excluding steroid dienone is 1. The van der Waals surface area contributed by atoms with E-state index in [4.69, 9.17) is 26.8 Å². The summed E-state index contributed by atoms with van der Waals surface area (Å²) in [5, 5.41) is 10.3. The second-order valence-corrected chi connectivity index (χ2v) is 8.24. The molecule has 31 heavy (non-hydrogen) atoms. The van der Waals surface area contributed by atoms with Gasteiger partial charge in [0.1, 0.15) is 17.4 Å². The van der Waals surface area contributed by atoms with Gasteiger partial charge >= 0.3 is 0 Å². The molecule has 1 atom stereocenters. The van der Waals surface area contributed by atoms with Crippen molar-refractivity contribution in [2.75, 3.05) is 32.8 Å². The number of nitriles is 1. The number of fused-ring (bicyclic) bond motifs is 1. The summed E-state index contributed by atoms with van der Waals surface area (Å²) in [4.78, 5) is 15.9. The molecule has 0 bridgehead atoms. The van der Waals surface area contributed by atoms with Gasteiger partial charge < -0.3 is 19.8 Å². The summed E-state index contributed by atoms with van der Waals surface area (Å²) in [6.45, 7) is 6.71. The standard InChI is InChI=1S/C23H25ClN4O3/c1-15-13-19-21(23(29)28(15)8-2-7-27-9-11-30-12-10-27)20(18(14-25)22(26)31-19)16-3-5-17(24)6-4-16/h3-6,13,20H,2,7-12,26H2,1H3. The summed E-state index contributed by atoms with van der Waals surface area (Å²) in [6, 6.07) is 11.1. The average Bonchev–Trinajstić information content (AvgIpc) is 2.76. The van der Waals surface area contributed by atoms with Crippen LogP contribution >= 0.6 is 11.6 Å². The van der Waals surface area contributed by atoms with Crippen LogP contribution in [0, 0.1) is 18.3 Å². The van der Waals surface area contributed by atoms with Gasteiger partial charge in [-0.05, 0) is 31.0 Å². The molecular weight excluding hydrogens is 416 g/mol. The fourth-order valence-electron chi connectivity index (χ4n) is 4.23.